The van der Waals surface area contributed by atoms with Gasteiger partial charge < -0.3 is 5.73 Å². The minimum atomic E-state index is -4.55. The van der Waals surface area contributed by atoms with Crippen molar-refractivity contribution >= 4 is 5.84 Å². The fraction of sp³-hybridized carbons (Fsp3) is 0.273. The van der Waals surface area contributed by atoms with E-state index in [2.05, 4.69) is 15.3 Å². The van der Waals surface area contributed by atoms with E-state index in [-0.39, 0.29) is 17.2 Å². The lowest BCUT2D eigenvalue weighted by Crippen LogP contribution is -2.20. The molecule has 0 aliphatic heterocycles. The van der Waals surface area contributed by atoms with Crippen LogP contribution in [0.25, 0.3) is 5.82 Å². The van der Waals surface area contributed by atoms with Crippen LogP contribution < -0.4 is 5.73 Å². The second-order valence-corrected chi connectivity index (χ2v) is 4.17. The molecule has 2 rings (SSSR count). The number of amidine groups is 1. The number of hydrogen-bond donors (Lipinski definition) is 2. The largest absolute Gasteiger partial charge is 0.435 e. The molecule has 20 heavy (non-hydrogen) atoms. The Labute approximate surface area is 111 Å². The molecule has 0 radical (unpaired) electrons. The molecular weight excluding hydrogens is 273 g/mol. The van der Waals surface area contributed by atoms with Crippen molar-refractivity contribution in [3.8, 4) is 5.82 Å². The molecule has 106 valence electrons. The van der Waals surface area contributed by atoms with Crippen molar-refractivity contribution in [2.45, 2.75) is 20.0 Å². The van der Waals surface area contributed by atoms with Crippen molar-refractivity contribution in [1.82, 2.24) is 20.0 Å². The summed E-state index contributed by atoms with van der Waals surface area (Å²) < 4.78 is 38.5. The van der Waals surface area contributed by atoms with Gasteiger partial charge >= 0.3 is 6.18 Å². The zero-order valence-corrected chi connectivity index (χ0v) is 10.7. The Morgan fingerprint density at radius 1 is 1.30 bits per heavy atom. The van der Waals surface area contributed by atoms with E-state index in [0.717, 1.165) is 16.9 Å². The predicted octanol–water partition coefficient (Wildman–Crippen LogP) is 1.58. The number of alkyl halides is 3. The molecule has 6 nitrogen and oxygen atoms in total. The Morgan fingerprint density at radius 2 is 1.95 bits per heavy atom. The van der Waals surface area contributed by atoms with Crippen LogP contribution in [0.1, 0.15) is 22.5 Å². The van der Waals surface area contributed by atoms with Crippen LogP contribution in [0.4, 0.5) is 13.2 Å². The van der Waals surface area contributed by atoms with Crippen LogP contribution in [-0.2, 0) is 6.18 Å². The Morgan fingerprint density at radius 3 is 2.45 bits per heavy atom. The molecule has 0 atom stereocenters. The van der Waals surface area contributed by atoms with E-state index in [1.54, 1.807) is 13.8 Å². The first-order chi connectivity index (χ1) is 9.21. The van der Waals surface area contributed by atoms with Gasteiger partial charge in [0.05, 0.1) is 11.3 Å². The minimum Gasteiger partial charge on any atom is -0.384 e. The van der Waals surface area contributed by atoms with Crippen molar-refractivity contribution in [1.29, 1.82) is 5.41 Å². The monoisotopic (exact) mass is 284 g/mol. The van der Waals surface area contributed by atoms with Gasteiger partial charge in [0.15, 0.2) is 11.5 Å². The quantitative estimate of drug-likeness (QED) is 0.646. The lowest BCUT2D eigenvalue weighted by atomic mass is 10.1. The standard InChI is InChI=1S/C11H11F3N6/c1-5-6(2)17-18-10(8(5)9(15)16)20-4-3-7(19-20)11(12,13)14/h3-4H,1-2H3,(H3,15,16). The van der Waals surface area contributed by atoms with Gasteiger partial charge in [0, 0.05) is 6.20 Å². The molecule has 0 fully saturated rings. The van der Waals surface area contributed by atoms with Crippen LogP contribution >= 0.6 is 0 Å². The first-order valence-electron chi connectivity index (χ1n) is 5.53. The maximum absolute atomic E-state index is 12.5. The maximum Gasteiger partial charge on any atom is 0.435 e. The first kappa shape index (κ1) is 14.0. The number of nitrogens with one attached hydrogen (secondary N) is 1. The first-order valence-corrected chi connectivity index (χ1v) is 5.53. The van der Waals surface area contributed by atoms with Crippen LogP contribution in [-0.4, -0.2) is 25.8 Å². The lowest BCUT2D eigenvalue weighted by Gasteiger charge is -2.11. The Hall–Kier alpha value is -2.45. The maximum atomic E-state index is 12.5. The summed E-state index contributed by atoms with van der Waals surface area (Å²) >= 11 is 0. The molecule has 0 aliphatic rings. The van der Waals surface area contributed by atoms with Crippen molar-refractivity contribution in [2.24, 2.45) is 5.73 Å². The third kappa shape index (κ3) is 2.33. The normalized spacial score (nSPS) is 11.7. The Kier molecular flexibility index (Phi) is 3.20. The smallest absolute Gasteiger partial charge is 0.384 e. The highest BCUT2D eigenvalue weighted by molar-refractivity contribution is 5.99. The van der Waals surface area contributed by atoms with Crippen LogP contribution in [0.15, 0.2) is 12.3 Å². The highest BCUT2D eigenvalue weighted by atomic mass is 19.4. The number of halogens is 3. The third-order valence-corrected chi connectivity index (χ3v) is 2.80. The van der Waals surface area contributed by atoms with E-state index >= 15 is 0 Å². The van der Waals surface area contributed by atoms with Crippen LogP contribution in [0.3, 0.4) is 0 Å². The van der Waals surface area contributed by atoms with Crippen LogP contribution in [0.5, 0.6) is 0 Å². The second kappa shape index (κ2) is 4.58. The SMILES string of the molecule is Cc1nnc(-n2ccc(C(F)(F)F)n2)c(C(=N)N)c1C. The van der Waals surface area contributed by atoms with Gasteiger partial charge in [-0.15, -0.1) is 5.10 Å². The number of hydrogen-bond acceptors (Lipinski definition) is 4. The highest BCUT2D eigenvalue weighted by Crippen LogP contribution is 2.28. The van der Waals surface area contributed by atoms with Gasteiger partial charge in [-0.1, -0.05) is 0 Å². The van der Waals surface area contributed by atoms with Gasteiger partial charge in [0.1, 0.15) is 5.84 Å². The predicted molar refractivity (Wildman–Crippen MR) is 64.6 cm³/mol. The van der Waals surface area contributed by atoms with Gasteiger partial charge in [-0.25, -0.2) is 4.68 Å². The summed E-state index contributed by atoms with van der Waals surface area (Å²) in [5, 5.41) is 18.6. The molecule has 0 saturated heterocycles. The number of nitrogens with zero attached hydrogens (tertiary/aromatic N) is 4. The Bertz CT molecular complexity index is 673. The molecule has 2 aromatic rings. The van der Waals surface area contributed by atoms with E-state index in [1.165, 1.54) is 0 Å². The molecule has 0 aromatic carbocycles. The van der Waals surface area contributed by atoms with Crippen LogP contribution in [0, 0.1) is 19.3 Å². The second-order valence-electron chi connectivity index (χ2n) is 4.17. The zero-order valence-electron chi connectivity index (χ0n) is 10.7. The lowest BCUT2D eigenvalue weighted by molar-refractivity contribution is -0.141. The number of rotatable bonds is 2. The number of aromatic nitrogens is 4. The summed E-state index contributed by atoms with van der Waals surface area (Å²) in [5.74, 6) is -0.310. The molecule has 9 heteroatoms. The highest BCUT2D eigenvalue weighted by Gasteiger charge is 2.34. The van der Waals surface area contributed by atoms with Gasteiger partial charge in [-0.3, -0.25) is 5.41 Å². The Balaban J connectivity index is 2.62. The fourth-order valence-electron chi connectivity index (χ4n) is 1.67. The average Bonchev–Trinajstić information content (AvgIpc) is 2.80. The summed E-state index contributed by atoms with van der Waals surface area (Å²) in [7, 11) is 0. The molecular formula is C11H11F3N6. The van der Waals surface area contributed by atoms with E-state index in [1.807, 2.05) is 0 Å². The summed E-state index contributed by atoms with van der Waals surface area (Å²) in [5.41, 5.74) is 5.75. The molecule has 3 N–H and O–H groups in total. The molecule has 0 unspecified atom stereocenters. The minimum absolute atomic E-state index is 0.00361. The van der Waals surface area contributed by atoms with Crippen molar-refractivity contribution < 1.29 is 13.2 Å². The zero-order chi connectivity index (χ0) is 15.1. The molecule has 2 heterocycles. The summed E-state index contributed by atoms with van der Waals surface area (Å²) in [6.45, 7) is 3.33. The summed E-state index contributed by atoms with van der Waals surface area (Å²) in [6, 6.07) is 0.820. The van der Waals surface area contributed by atoms with Crippen LogP contribution in [0.2, 0.25) is 0 Å². The van der Waals surface area contributed by atoms with Crippen molar-refractivity contribution in [2.75, 3.05) is 0 Å². The van der Waals surface area contributed by atoms with Crippen molar-refractivity contribution in [3.05, 3.63) is 34.8 Å². The number of aryl methyl sites for hydroxylation is 1. The van der Waals surface area contributed by atoms with E-state index in [4.69, 9.17) is 11.1 Å². The molecule has 0 saturated carbocycles. The molecule has 0 bridgehead atoms. The molecule has 2 aromatic heterocycles. The number of nitrogen functional groups attached to an aromatic ring is 1. The van der Waals surface area contributed by atoms with E-state index in [9.17, 15) is 13.2 Å². The van der Waals surface area contributed by atoms with Gasteiger partial charge in [0.2, 0.25) is 0 Å². The fourth-order valence-corrected chi connectivity index (χ4v) is 1.67. The van der Waals surface area contributed by atoms with Gasteiger partial charge in [-0.05, 0) is 25.5 Å². The van der Waals surface area contributed by atoms with Gasteiger partial charge in [0.25, 0.3) is 0 Å². The van der Waals surface area contributed by atoms with E-state index < -0.39 is 11.9 Å². The third-order valence-electron chi connectivity index (χ3n) is 2.80. The average molecular weight is 284 g/mol. The molecule has 0 amide bonds. The molecule has 0 aliphatic carbocycles. The molecule has 0 spiro atoms. The summed E-state index contributed by atoms with van der Waals surface area (Å²) in [4.78, 5) is 0. The topological polar surface area (TPSA) is 93.5 Å². The van der Waals surface area contributed by atoms with E-state index in [0.29, 0.717) is 11.3 Å². The summed E-state index contributed by atoms with van der Waals surface area (Å²) in [6.07, 6.45) is -3.44. The van der Waals surface area contributed by atoms with Gasteiger partial charge in [-0.2, -0.15) is 23.4 Å². The van der Waals surface area contributed by atoms with Crippen molar-refractivity contribution in [3.63, 3.8) is 0 Å². The number of nitrogens with two attached hydrogens (primary N) is 1.